The highest BCUT2D eigenvalue weighted by molar-refractivity contribution is 6.06. The first kappa shape index (κ1) is 21.5. The minimum absolute atomic E-state index is 0.132. The van der Waals surface area contributed by atoms with Gasteiger partial charge in [0.25, 0.3) is 11.5 Å². The lowest BCUT2D eigenvalue weighted by Crippen LogP contribution is -2.37. The molecule has 166 valence electrons. The van der Waals surface area contributed by atoms with E-state index >= 15 is 0 Å². The fourth-order valence-corrected chi connectivity index (χ4v) is 3.70. The first-order valence-corrected chi connectivity index (χ1v) is 10.4. The third-order valence-electron chi connectivity index (χ3n) is 5.41. The molecule has 2 amide bonds. The van der Waals surface area contributed by atoms with Crippen molar-refractivity contribution in [1.82, 2.24) is 14.7 Å². The lowest BCUT2D eigenvalue weighted by molar-refractivity contribution is -0.116. The highest BCUT2D eigenvalue weighted by atomic mass is 16.5. The number of hydrogen-bond donors (Lipinski definition) is 1. The second kappa shape index (κ2) is 9.19. The summed E-state index contributed by atoms with van der Waals surface area (Å²) in [5, 5.41) is 7.82. The van der Waals surface area contributed by atoms with E-state index in [1.807, 2.05) is 24.3 Å². The Balaban J connectivity index is 1.43. The Morgan fingerprint density at radius 3 is 2.41 bits per heavy atom. The molecule has 0 aliphatic carbocycles. The summed E-state index contributed by atoms with van der Waals surface area (Å²) in [4.78, 5) is 41.3. The van der Waals surface area contributed by atoms with Crippen molar-refractivity contribution < 1.29 is 14.3 Å². The van der Waals surface area contributed by atoms with Crippen LogP contribution in [-0.2, 0) is 16.6 Å². The molecule has 1 saturated heterocycles. The first-order chi connectivity index (χ1) is 15.4. The van der Waals surface area contributed by atoms with Gasteiger partial charge in [0, 0.05) is 43.9 Å². The fourth-order valence-electron chi connectivity index (χ4n) is 3.70. The van der Waals surface area contributed by atoms with Crippen LogP contribution in [-0.4, -0.2) is 66.4 Å². The zero-order chi connectivity index (χ0) is 22.7. The maximum Gasteiger partial charge on any atom is 0.275 e. The Morgan fingerprint density at radius 2 is 1.72 bits per heavy atom. The topological polar surface area (TPSA) is 96.8 Å². The lowest BCUT2D eigenvalue weighted by atomic mass is 10.1. The molecule has 9 nitrogen and oxygen atoms in total. The summed E-state index contributed by atoms with van der Waals surface area (Å²) >= 11 is 0. The minimum Gasteiger partial charge on any atom is -0.378 e. The number of likely N-dealkylation sites (N-methyl/N-ethyl adjacent to an activating group) is 1. The van der Waals surface area contributed by atoms with Gasteiger partial charge in [-0.2, -0.15) is 5.10 Å². The Hall–Kier alpha value is -3.72. The van der Waals surface area contributed by atoms with E-state index in [4.69, 9.17) is 4.74 Å². The van der Waals surface area contributed by atoms with Crippen LogP contribution in [0.3, 0.4) is 0 Å². The summed E-state index contributed by atoms with van der Waals surface area (Å²) in [7, 11) is 3.03. The van der Waals surface area contributed by atoms with Gasteiger partial charge in [-0.15, -0.1) is 0 Å². The molecule has 1 aromatic heterocycles. The predicted octanol–water partition coefficient (Wildman–Crippen LogP) is 1.48. The molecule has 0 spiro atoms. The van der Waals surface area contributed by atoms with Gasteiger partial charge >= 0.3 is 0 Å². The number of aromatic nitrogens is 2. The van der Waals surface area contributed by atoms with Crippen LogP contribution in [0, 0.1) is 0 Å². The first-order valence-electron chi connectivity index (χ1n) is 10.4. The summed E-state index contributed by atoms with van der Waals surface area (Å²) < 4.78 is 6.51. The van der Waals surface area contributed by atoms with E-state index < -0.39 is 5.91 Å². The highest BCUT2D eigenvalue weighted by Gasteiger charge is 2.21. The van der Waals surface area contributed by atoms with Gasteiger partial charge in [0.15, 0.2) is 5.69 Å². The molecular formula is C23H25N5O4. The van der Waals surface area contributed by atoms with E-state index in [-0.39, 0.29) is 23.7 Å². The van der Waals surface area contributed by atoms with Crippen LogP contribution < -0.4 is 15.8 Å². The number of ether oxygens (including phenoxy) is 1. The number of nitrogens with one attached hydrogen (secondary N) is 1. The molecule has 0 atom stereocenters. The van der Waals surface area contributed by atoms with E-state index in [1.54, 1.807) is 24.3 Å². The van der Waals surface area contributed by atoms with E-state index in [0.717, 1.165) is 23.5 Å². The smallest absolute Gasteiger partial charge is 0.275 e. The summed E-state index contributed by atoms with van der Waals surface area (Å²) in [6.45, 7) is 2.94. The average molecular weight is 435 g/mol. The maximum atomic E-state index is 13.0. The molecule has 9 heteroatoms. The van der Waals surface area contributed by atoms with Crippen molar-refractivity contribution in [2.24, 2.45) is 7.05 Å². The zero-order valence-corrected chi connectivity index (χ0v) is 18.1. The minimum atomic E-state index is -0.436. The number of morpholine rings is 1. The van der Waals surface area contributed by atoms with Crippen LogP contribution >= 0.6 is 0 Å². The molecule has 2 aromatic carbocycles. The average Bonchev–Trinajstić information content (AvgIpc) is 2.82. The summed E-state index contributed by atoms with van der Waals surface area (Å²) in [6.07, 6.45) is 0. The number of benzene rings is 2. The second-order valence-corrected chi connectivity index (χ2v) is 7.68. The van der Waals surface area contributed by atoms with Gasteiger partial charge < -0.3 is 19.9 Å². The molecule has 1 aliphatic heterocycles. The van der Waals surface area contributed by atoms with E-state index in [2.05, 4.69) is 15.3 Å². The molecule has 1 aliphatic rings. The summed E-state index contributed by atoms with van der Waals surface area (Å²) in [5.74, 6) is -0.760. The van der Waals surface area contributed by atoms with Crippen LogP contribution in [0.25, 0.3) is 10.8 Å². The lowest BCUT2D eigenvalue weighted by Gasteiger charge is -2.28. The van der Waals surface area contributed by atoms with E-state index in [1.165, 1.54) is 19.0 Å². The molecule has 1 fully saturated rings. The fraction of sp³-hybridized carbons (Fsp3) is 0.304. The number of anilines is 2. The number of rotatable bonds is 5. The normalized spacial score (nSPS) is 13.8. The molecule has 32 heavy (non-hydrogen) atoms. The number of hydrogen-bond acceptors (Lipinski definition) is 6. The summed E-state index contributed by atoms with van der Waals surface area (Å²) in [5.41, 5.74) is 1.58. The molecule has 1 N–H and O–H groups in total. The maximum absolute atomic E-state index is 13.0. The molecule has 0 unspecified atom stereocenters. The quantitative estimate of drug-likeness (QED) is 0.652. The van der Waals surface area contributed by atoms with Crippen molar-refractivity contribution in [3.8, 4) is 0 Å². The largest absolute Gasteiger partial charge is 0.378 e. The molecule has 0 saturated carbocycles. The van der Waals surface area contributed by atoms with Gasteiger partial charge in [-0.3, -0.25) is 14.4 Å². The number of amides is 2. The van der Waals surface area contributed by atoms with Crippen LogP contribution in [0.1, 0.15) is 10.5 Å². The van der Waals surface area contributed by atoms with Gasteiger partial charge in [-0.25, -0.2) is 4.68 Å². The Bertz CT molecular complexity index is 1200. The highest BCUT2D eigenvalue weighted by Crippen LogP contribution is 2.19. The number of carbonyl (C=O) groups is 2. The monoisotopic (exact) mass is 435 g/mol. The molecule has 4 rings (SSSR count). The predicted molar refractivity (Wildman–Crippen MR) is 122 cm³/mol. The third-order valence-corrected chi connectivity index (χ3v) is 5.41. The summed E-state index contributed by atoms with van der Waals surface area (Å²) in [6, 6.07) is 14.4. The van der Waals surface area contributed by atoms with Crippen molar-refractivity contribution in [2.45, 2.75) is 0 Å². The molecule has 2 heterocycles. The van der Waals surface area contributed by atoms with Crippen molar-refractivity contribution >= 4 is 34.0 Å². The Kier molecular flexibility index (Phi) is 6.18. The molecule has 0 radical (unpaired) electrons. The van der Waals surface area contributed by atoms with Crippen LogP contribution in [0.5, 0.6) is 0 Å². The second-order valence-electron chi connectivity index (χ2n) is 7.68. The van der Waals surface area contributed by atoms with Gasteiger partial charge in [0.1, 0.15) is 0 Å². The van der Waals surface area contributed by atoms with Gasteiger partial charge in [-0.1, -0.05) is 18.2 Å². The number of aryl methyl sites for hydroxylation is 1. The SMILES string of the molecule is CN(CC(=O)Nc1ccc(N2CCOCC2)cc1)C(=O)c1nn(C)c(=O)c2ccccc12. The zero-order valence-electron chi connectivity index (χ0n) is 18.1. The molecular weight excluding hydrogens is 410 g/mol. The van der Waals surface area contributed by atoms with E-state index in [0.29, 0.717) is 29.7 Å². The van der Waals surface area contributed by atoms with E-state index in [9.17, 15) is 14.4 Å². The van der Waals surface area contributed by atoms with Gasteiger partial charge in [-0.05, 0) is 30.3 Å². The third kappa shape index (κ3) is 4.47. The number of carbonyl (C=O) groups excluding carboxylic acids is 2. The van der Waals surface area contributed by atoms with Crippen molar-refractivity contribution in [1.29, 1.82) is 0 Å². The van der Waals surface area contributed by atoms with Gasteiger partial charge in [0.05, 0.1) is 25.1 Å². The van der Waals surface area contributed by atoms with Crippen LogP contribution in [0.15, 0.2) is 53.3 Å². The van der Waals surface area contributed by atoms with Crippen LogP contribution in [0.2, 0.25) is 0 Å². The standard InChI is InChI=1S/C23H25N5O4/c1-26(23(31)21-18-5-3-4-6-19(18)22(30)27(2)25-21)15-20(29)24-16-7-9-17(10-8-16)28-11-13-32-14-12-28/h3-10H,11-15H2,1-2H3,(H,24,29). The number of fused-ring (bicyclic) bond motifs is 1. The van der Waals surface area contributed by atoms with Crippen LogP contribution in [0.4, 0.5) is 11.4 Å². The number of nitrogens with zero attached hydrogens (tertiary/aromatic N) is 4. The van der Waals surface area contributed by atoms with Crippen molar-refractivity contribution in [3.63, 3.8) is 0 Å². The van der Waals surface area contributed by atoms with Crippen molar-refractivity contribution in [3.05, 3.63) is 64.6 Å². The Labute approximate surface area is 185 Å². The molecule has 3 aromatic rings. The Morgan fingerprint density at radius 1 is 1.06 bits per heavy atom. The van der Waals surface area contributed by atoms with Gasteiger partial charge in [0.2, 0.25) is 5.91 Å². The molecule has 0 bridgehead atoms. The van der Waals surface area contributed by atoms with Crippen molar-refractivity contribution in [2.75, 3.05) is 50.1 Å².